The summed E-state index contributed by atoms with van der Waals surface area (Å²) in [5, 5.41) is 4.73. The summed E-state index contributed by atoms with van der Waals surface area (Å²) in [6, 6.07) is 52.9. The van der Waals surface area contributed by atoms with Crippen molar-refractivity contribution in [3.63, 3.8) is 0 Å². The molecule has 10 rings (SSSR count). The Morgan fingerprint density at radius 2 is 1.11 bits per heavy atom. The third-order valence-electron chi connectivity index (χ3n) is 10.4. The summed E-state index contributed by atoms with van der Waals surface area (Å²) in [6.45, 7) is 4.69. The molecular formula is C45H31NO. The van der Waals surface area contributed by atoms with Crippen molar-refractivity contribution in [3.05, 3.63) is 157 Å². The second-order valence-corrected chi connectivity index (χ2v) is 13.4. The van der Waals surface area contributed by atoms with Gasteiger partial charge in [0, 0.05) is 43.6 Å². The zero-order valence-corrected chi connectivity index (χ0v) is 26.3. The smallest absolute Gasteiger partial charge is 0.143 e. The van der Waals surface area contributed by atoms with Gasteiger partial charge in [0.15, 0.2) is 0 Å². The Morgan fingerprint density at radius 1 is 0.447 bits per heavy atom. The van der Waals surface area contributed by atoms with Crippen molar-refractivity contribution in [1.29, 1.82) is 0 Å². The molecule has 0 fully saturated rings. The van der Waals surface area contributed by atoms with Crippen LogP contribution < -0.4 is 0 Å². The minimum absolute atomic E-state index is 0.0235. The van der Waals surface area contributed by atoms with Crippen LogP contribution in [0.25, 0.3) is 88.3 Å². The van der Waals surface area contributed by atoms with Gasteiger partial charge in [-0.25, -0.2) is 0 Å². The first kappa shape index (κ1) is 26.4. The van der Waals surface area contributed by atoms with E-state index >= 15 is 0 Å². The number of rotatable bonds is 3. The molecule has 0 unspecified atom stereocenters. The first-order chi connectivity index (χ1) is 23.0. The fourth-order valence-electron chi connectivity index (χ4n) is 8.05. The van der Waals surface area contributed by atoms with Gasteiger partial charge in [0.25, 0.3) is 0 Å². The number of aromatic amines is 1. The van der Waals surface area contributed by atoms with Crippen molar-refractivity contribution in [2.24, 2.45) is 0 Å². The molecule has 47 heavy (non-hydrogen) atoms. The minimum Gasteiger partial charge on any atom is -0.455 e. The lowest BCUT2D eigenvalue weighted by atomic mass is 9.81. The molecule has 9 aromatic rings. The van der Waals surface area contributed by atoms with Gasteiger partial charge in [-0.05, 0) is 74.8 Å². The largest absolute Gasteiger partial charge is 0.455 e. The molecule has 0 aliphatic heterocycles. The van der Waals surface area contributed by atoms with E-state index in [2.05, 4.69) is 152 Å². The molecule has 0 saturated carbocycles. The second kappa shape index (κ2) is 9.57. The molecule has 2 nitrogen and oxygen atoms in total. The molecule has 2 heterocycles. The number of hydrogen-bond donors (Lipinski definition) is 1. The summed E-state index contributed by atoms with van der Waals surface area (Å²) >= 11 is 0. The third-order valence-corrected chi connectivity index (χ3v) is 10.4. The van der Waals surface area contributed by atoms with Crippen LogP contribution in [0.3, 0.4) is 0 Å². The van der Waals surface area contributed by atoms with Crippen LogP contribution in [0.15, 0.2) is 150 Å². The Kier molecular flexibility index (Phi) is 5.37. The van der Waals surface area contributed by atoms with Gasteiger partial charge in [0.2, 0.25) is 0 Å². The lowest BCUT2D eigenvalue weighted by molar-refractivity contribution is 0.660. The van der Waals surface area contributed by atoms with Crippen LogP contribution in [0.5, 0.6) is 0 Å². The lowest BCUT2D eigenvalue weighted by Gasteiger charge is -2.22. The SMILES string of the molecule is CC1(C)c2ccccc2-c2ccc(-c3cccc(-c4cccc5c4[nH]c4ccc(-c6cccc7c6oc6ccccc67)cc45)c3)cc21. The van der Waals surface area contributed by atoms with Gasteiger partial charge < -0.3 is 9.40 Å². The predicted molar refractivity (Wildman–Crippen MR) is 197 cm³/mol. The van der Waals surface area contributed by atoms with Crippen molar-refractivity contribution < 1.29 is 4.42 Å². The maximum atomic E-state index is 6.39. The zero-order valence-electron chi connectivity index (χ0n) is 26.3. The molecule has 0 atom stereocenters. The average molecular weight is 602 g/mol. The molecule has 0 radical (unpaired) electrons. The fourth-order valence-corrected chi connectivity index (χ4v) is 8.05. The van der Waals surface area contributed by atoms with Gasteiger partial charge in [-0.3, -0.25) is 0 Å². The van der Waals surface area contributed by atoms with Crippen LogP contribution in [0, 0.1) is 0 Å². The van der Waals surface area contributed by atoms with Gasteiger partial charge in [0.05, 0.1) is 5.52 Å². The summed E-state index contributed by atoms with van der Waals surface area (Å²) in [5.74, 6) is 0. The Hall–Kier alpha value is -5.86. The van der Waals surface area contributed by atoms with Crippen molar-refractivity contribution in [1.82, 2.24) is 4.98 Å². The highest BCUT2D eigenvalue weighted by molar-refractivity contribution is 6.14. The van der Waals surface area contributed by atoms with Crippen LogP contribution >= 0.6 is 0 Å². The van der Waals surface area contributed by atoms with Gasteiger partial charge in [-0.1, -0.05) is 129 Å². The molecule has 2 heteroatoms. The van der Waals surface area contributed by atoms with Gasteiger partial charge in [-0.2, -0.15) is 0 Å². The first-order valence-electron chi connectivity index (χ1n) is 16.3. The normalized spacial score (nSPS) is 13.5. The summed E-state index contributed by atoms with van der Waals surface area (Å²) in [7, 11) is 0. The standard InChI is InChI=1S/C45H31NO/c1-45(2)39-18-5-3-12-33(39)34-22-20-28(26-40(34)45)27-10-7-11-29(24-27)31-14-8-16-36-38-25-30(21-23-41(38)46-43(31)36)32-15-9-17-37-35-13-4-6-19-42(35)47-44(32)37/h3-26,46H,1-2H3. The van der Waals surface area contributed by atoms with E-state index in [9.17, 15) is 0 Å². The van der Waals surface area contributed by atoms with E-state index in [1.54, 1.807) is 0 Å². The Balaban J connectivity index is 1.08. The molecule has 0 saturated heterocycles. The second-order valence-electron chi connectivity index (χ2n) is 13.4. The number of para-hydroxylation sites is 3. The van der Waals surface area contributed by atoms with Crippen LogP contribution in [0.1, 0.15) is 25.0 Å². The van der Waals surface area contributed by atoms with Crippen LogP contribution in [0.2, 0.25) is 0 Å². The van der Waals surface area contributed by atoms with E-state index < -0.39 is 0 Å². The van der Waals surface area contributed by atoms with Gasteiger partial charge in [-0.15, -0.1) is 0 Å². The Morgan fingerprint density at radius 3 is 2.04 bits per heavy atom. The van der Waals surface area contributed by atoms with E-state index in [1.165, 1.54) is 55.3 Å². The van der Waals surface area contributed by atoms with Crippen LogP contribution in [-0.2, 0) is 5.41 Å². The van der Waals surface area contributed by atoms with Gasteiger partial charge >= 0.3 is 0 Å². The zero-order chi connectivity index (χ0) is 31.3. The molecule has 1 aliphatic rings. The van der Waals surface area contributed by atoms with Crippen LogP contribution in [0.4, 0.5) is 0 Å². The highest BCUT2D eigenvalue weighted by Crippen LogP contribution is 2.49. The molecule has 7 aromatic carbocycles. The molecule has 1 N–H and O–H groups in total. The molecular weight excluding hydrogens is 571 g/mol. The summed E-state index contributed by atoms with van der Waals surface area (Å²) in [6.07, 6.45) is 0. The van der Waals surface area contributed by atoms with E-state index in [1.807, 2.05) is 12.1 Å². The maximum absolute atomic E-state index is 6.39. The minimum atomic E-state index is -0.0235. The maximum Gasteiger partial charge on any atom is 0.143 e. The fraction of sp³-hybridized carbons (Fsp3) is 0.0667. The number of fused-ring (bicyclic) bond motifs is 9. The van der Waals surface area contributed by atoms with E-state index in [4.69, 9.17) is 4.42 Å². The Bertz CT molecular complexity index is 2720. The number of furan rings is 1. The number of nitrogens with one attached hydrogen (secondary N) is 1. The van der Waals surface area contributed by atoms with E-state index in [-0.39, 0.29) is 5.41 Å². The van der Waals surface area contributed by atoms with E-state index in [0.717, 1.165) is 44.1 Å². The summed E-state index contributed by atoms with van der Waals surface area (Å²) in [4.78, 5) is 3.77. The summed E-state index contributed by atoms with van der Waals surface area (Å²) in [5.41, 5.74) is 16.8. The molecule has 2 aromatic heterocycles. The molecule has 0 amide bonds. The molecule has 1 aliphatic carbocycles. The quantitative estimate of drug-likeness (QED) is 0.214. The number of aromatic nitrogens is 1. The molecule has 222 valence electrons. The summed E-state index contributed by atoms with van der Waals surface area (Å²) < 4.78 is 6.39. The van der Waals surface area contributed by atoms with Crippen LogP contribution in [-0.4, -0.2) is 4.98 Å². The van der Waals surface area contributed by atoms with Crippen molar-refractivity contribution in [3.8, 4) is 44.5 Å². The van der Waals surface area contributed by atoms with Gasteiger partial charge in [0.1, 0.15) is 11.2 Å². The third kappa shape index (κ3) is 3.79. The highest BCUT2D eigenvalue weighted by Gasteiger charge is 2.35. The van der Waals surface area contributed by atoms with Crippen molar-refractivity contribution >= 4 is 43.7 Å². The van der Waals surface area contributed by atoms with Crippen molar-refractivity contribution in [2.75, 3.05) is 0 Å². The molecule has 0 spiro atoms. The first-order valence-corrected chi connectivity index (χ1v) is 16.3. The van der Waals surface area contributed by atoms with E-state index in [0.29, 0.717) is 0 Å². The number of benzene rings is 7. The number of hydrogen-bond acceptors (Lipinski definition) is 1. The monoisotopic (exact) mass is 601 g/mol. The predicted octanol–water partition coefficient (Wildman–Crippen LogP) is 12.5. The molecule has 0 bridgehead atoms. The average Bonchev–Trinajstić information content (AvgIpc) is 3.76. The van der Waals surface area contributed by atoms with Crippen molar-refractivity contribution in [2.45, 2.75) is 19.3 Å². The Labute approximate surface area is 272 Å². The lowest BCUT2D eigenvalue weighted by Crippen LogP contribution is -2.14. The number of H-pyrrole nitrogens is 1. The topological polar surface area (TPSA) is 28.9 Å². The highest BCUT2D eigenvalue weighted by atomic mass is 16.3.